The first-order valence-corrected chi connectivity index (χ1v) is 6.39. The first-order chi connectivity index (χ1) is 10.3. The molecule has 0 saturated carbocycles. The number of amides is 2. The van der Waals surface area contributed by atoms with Crippen molar-refractivity contribution in [1.82, 2.24) is 10.6 Å². The highest BCUT2D eigenvalue weighted by Gasteiger charge is 2.65. The number of halogens is 3. The number of alkyl halides is 3. The lowest BCUT2D eigenvalue weighted by Crippen LogP contribution is -2.66. The molecule has 0 fully saturated rings. The fraction of sp³-hybridized carbons (Fsp3) is 0.462. The zero-order valence-corrected chi connectivity index (χ0v) is 11.9. The zero-order valence-electron chi connectivity index (χ0n) is 11.9. The summed E-state index contributed by atoms with van der Waals surface area (Å²) in [6.45, 7) is 1.73. The molecule has 0 spiro atoms. The van der Waals surface area contributed by atoms with Gasteiger partial charge in [-0.15, -0.1) is 0 Å². The van der Waals surface area contributed by atoms with Gasteiger partial charge in [-0.1, -0.05) is 12.1 Å². The van der Waals surface area contributed by atoms with Crippen molar-refractivity contribution in [3.63, 3.8) is 0 Å². The second-order valence-electron chi connectivity index (χ2n) is 4.72. The number of carbonyl (C=O) groups is 1. The van der Waals surface area contributed by atoms with Crippen molar-refractivity contribution in [3.8, 4) is 11.5 Å². The number of methoxy groups -OCH3 is 1. The van der Waals surface area contributed by atoms with Crippen LogP contribution in [0.4, 0.5) is 18.0 Å². The number of urea groups is 1. The van der Waals surface area contributed by atoms with Crippen LogP contribution in [0.1, 0.15) is 6.92 Å². The first kappa shape index (κ1) is 16.2. The summed E-state index contributed by atoms with van der Waals surface area (Å²) in [6.07, 6.45) is -4.98. The first-order valence-electron chi connectivity index (χ1n) is 6.39. The van der Waals surface area contributed by atoms with Crippen molar-refractivity contribution < 1.29 is 32.2 Å². The monoisotopic (exact) mass is 320 g/mol. The Bertz CT molecular complexity index is 525. The highest BCUT2D eigenvalue weighted by Crippen LogP contribution is 2.44. The van der Waals surface area contributed by atoms with E-state index >= 15 is 0 Å². The van der Waals surface area contributed by atoms with E-state index in [1.54, 1.807) is 12.2 Å². The Hall–Kier alpha value is -2.16. The molecule has 1 heterocycles. The summed E-state index contributed by atoms with van der Waals surface area (Å²) in [5.41, 5.74) is 0. The van der Waals surface area contributed by atoms with Crippen LogP contribution in [0, 0.1) is 0 Å². The second-order valence-corrected chi connectivity index (χ2v) is 4.72. The van der Waals surface area contributed by atoms with Crippen molar-refractivity contribution in [2.24, 2.45) is 0 Å². The molecule has 1 aromatic carbocycles. The van der Waals surface area contributed by atoms with Crippen LogP contribution in [-0.2, 0) is 4.74 Å². The summed E-state index contributed by atoms with van der Waals surface area (Å²) < 4.78 is 54.4. The highest BCUT2D eigenvalue weighted by molar-refractivity contribution is 5.75. The maximum atomic E-state index is 13.3. The van der Waals surface area contributed by atoms with E-state index in [1.165, 1.54) is 31.4 Å². The maximum absolute atomic E-state index is 13.3. The van der Waals surface area contributed by atoms with E-state index in [0.717, 1.165) is 0 Å². The molecule has 22 heavy (non-hydrogen) atoms. The van der Waals surface area contributed by atoms with Gasteiger partial charge >= 0.3 is 18.1 Å². The standard InChI is InChI=1S/C13H15F3N2O4/c1-8(7-20-2)17-11(19)18-13(12(14,15)16)21-9-5-3-4-6-10(9)22-13/h3-6,8H,7H2,1-2H3,(H2,17,18,19)/t8-/m1/s1. The number of hydrogen-bond donors (Lipinski definition) is 2. The minimum Gasteiger partial charge on any atom is -0.424 e. The molecule has 2 amide bonds. The van der Waals surface area contributed by atoms with Gasteiger partial charge in [-0.25, -0.2) is 4.79 Å². The number of benzene rings is 1. The van der Waals surface area contributed by atoms with Crippen LogP contribution in [0.15, 0.2) is 24.3 Å². The fourth-order valence-electron chi connectivity index (χ4n) is 1.89. The van der Waals surface area contributed by atoms with E-state index in [9.17, 15) is 18.0 Å². The summed E-state index contributed by atoms with van der Waals surface area (Å²) in [7, 11) is 1.41. The van der Waals surface area contributed by atoms with Gasteiger partial charge in [0.2, 0.25) is 0 Å². The van der Waals surface area contributed by atoms with E-state index in [4.69, 9.17) is 14.2 Å². The lowest BCUT2D eigenvalue weighted by atomic mass is 10.3. The van der Waals surface area contributed by atoms with Crippen LogP contribution in [-0.4, -0.2) is 37.9 Å². The molecule has 2 N–H and O–H groups in total. The molecule has 0 aromatic heterocycles. The number of carbonyl (C=O) groups excluding carboxylic acids is 1. The third-order valence-electron chi connectivity index (χ3n) is 2.80. The molecular formula is C13H15F3N2O4. The molecular weight excluding hydrogens is 305 g/mol. The zero-order chi connectivity index (χ0) is 16.4. The normalized spacial score (nSPS) is 17.0. The summed E-state index contributed by atoms with van der Waals surface area (Å²) in [4.78, 5) is 11.7. The lowest BCUT2D eigenvalue weighted by Gasteiger charge is -2.30. The van der Waals surface area contributed by atoms with Crippen LogP contribution < -0.4 is 20.1 Å². The van der Waals surface area contributed by atoms with Crippen molar-refractivity contribution in [2.45, 2.75) is 25.1 Å². The van der Waals surface area contributed by atoms with Crippen molar-refractivity contribution in [1.29, 1.82) is 0 Å². The van der Waals surface area contributed by atoms with Gasteiger partial charge in [0.25, 0.3) is 0 Å². The number of nitrogens with one attached hydrogen (secondary N) is 2. The van der Waals surface area contributed by atoms with E-state index in [-0.39, 0.29) is 18.1 Å². The average Bonchev–Trinajstić information content (AvgIpc) is 2.77. The van der Waals surface area contributed by atoms with Crippen molar-refractivity contribution in [3.05, 3.63) is 24.3 Å². The van der Waals surface area contributed by atoms with Gasteiger partial charge in [0.1, 0.15) is 0 Å². The summed E-state index contributed by atoms with van der Waals surface area (Å²) in [5.74, 6) is -3.47. The molecule has 0 saturated heterocycles. The molecule has 1 atom stereocenters. The summed E-state index contributed by atoms with van der Waals surface area (Å²) >= 11 is 0. The molecule has 9 heteroatoms. The maximum Gasteiger partial charge on any atom is 0.492 e. The number of ether oxygens (including phenoxy) is 3. The molecule has 0 bridgehead atoms. The van der Waals surface area contributed by atoms with Gasteiger partial charge in [-0.05, 0) is 19.1 Å². The quantitative estimate of drug-likeness (QED) is 0.890. The van der Waals surface area contributed by atoms with E-state index in [2.05, 4.69) is 5.32 Å². The highest BCUT2D eigenvalue weighted by atomic mass is 19.4. The Morgan fingerprint density at radius 2 is 1.86 bits per heavy atom. The summed E-state index contributed by atoms with van der Waals surface area (Å²) in [5, 5.41) is 3.99. The van der Waals surface area contributed by atoms with Gasteiger partial charge in [0.05, 0.1) is 12.6 Å². The number of rotatable bonds is 4. The SMILES string of the molecule is COC[C@@H](C)NC(=O)NC1(C(F)(F)F)Oc2ccccc2O1. The topological polar surface area (TPSA) is 68.8 Å². The van der Waals surface area contributed by atoms with E-state index in [1.807, 2.05) is 0 Å². The van der Waals surface area contributed by atoms with Gasteiger partial charge < -0.3 is 19.5 Å². The molecule has 1 aromatic rings. The van der Waals surface area contributed by atoms with Crippen LogP contribution >= 0.6 is 0 Å². The van der Waals surface area contributed by atoms with Crippen LogP contribution in [0.5, 0.6) is 11.5 Å². The minimum absolute atomic E-state index is 0.106. The van der Waals surface area contributed by atoms with E-state index < -0.39 is 24.2 Å². The van der Waals surface area contributed by atoms with E-state index in [0.29, 0.717) is 0 Å². The van der Waals surface area contributed by atoms with Crippen LogP contribution in [0.25, 0.3) is 0 Å². The van der Waals surface area contributed by atoms with Crippen molar-refractivity contribution in [2.75, 3.05) is 13.7 Å². The van der Waals surface area contributed by atoms with Gasteiger partial charge in [-0.3, -0.25) is 5.32 Å². The van der Waals surface area contributed by atoms with Gasteiger partial charge in [0.15, 0.2) is 11.5 Å². The van der Waals surface area contributed by atoms with Crippen molar-refractivity contribution >= 4 is 6.03 Å². The molecule has 0 radical (unpaired) electrons. The molecule has 2 rings (SSSR count). The third-order valence-corrected chi connectivity index (χ3v) is 2.80. The fourth-order valence-corrected chi connectivity index (χ4v) is 1.89. The minimum atomic E-state index is -4.98. The molecule has 122 valence electrons. The predicted molar refractivity (Wildman–Crippen MR) is 69.5 cm³/mol. The average molecular weight is 320 g/mol. The lowest BCUT2D eigenvalue weighted by molar-refractivity contribution is -0.317. The van der Waals surface area contributed by atoms with Gasteiger partial charge in [-0.2, -0.15) is 13.2 Å². The Morgan fingerprint density at radius 1 is 1.32 bits per heavy atom. The van der Waals surface area contributed by atoms with Crippen LogP contribution in [0.3, 0.4) is 0 Å². The Morgan fingerprint density at radius 3 is 2.32 bits per heavy atom. The predicted octanol–water partition coefficient (Wildman–Crippen LogP) is 2.01. The Balaban J connectivity index is 2.15. The van der Waals surface area contributed by atoms with Gasteiger partial charge in [0, 0.05) is 7.11 Å². The molecule has 1 aliphatic rings. The van der Waals surface area contributed by atoms with Crippen LogP contribution in [0.2, 0.25) is 0 Å². The molecule has 6 nitrogen and oxygen atoms in total. The molecule has 1 aliphatic heterocycles. The largest absolute Gasteiger partial charge is 0.492 e. The molecule has 0 unspecified atom stereocenters. The number of fused-ring (bicyclic) bond motifs is 1. The second kappa shape index (κ2) is 5.91. The summed E-state index contributed by atoms with van der Waals surface area (Å²) in [6, 6.07) is 4.05. The number of hydrogen-bond acceptors (Lipinski definition) is 4. The smallest absolute Gasteiger partial charge is 0.424 e. The number of para-hydroxylation sites is 2. The third kappa shape index (κ3) is 3.19. The Labute approximate surface area is 124 Å². The molecule has 0 aliphatic carbocycles. The Kier molecular flexibility index (Phi) is 4.36.